The summed E-state index contributed by atoms with van der Waals surface area (Å²) in [6.07, 6.45) is -1.51. The molecule has 0 aliphatic carbocycles. The van der Waals surface area contributed by atoms with Crippen LogP contribution in [0.2, 0.25) is 0 Å². The molecule has 2 aliphatic heterocycles. The molecular formula is C25H24F2N4O5S. The van der Waals surface area contributed by atoms with Gasteiger partial charge in [0.15, 0.2) is 23.4 Å². The maximum atomic E-state index is 15.1. The summed E-state index contributed by atoms with van der Waals surface area (Å²) in [5.74, 6) is -1.29. The molecule has 3 heterocycles. The number of fused-ring (bicyclic) bond motifs is 1. The first-order valence-corrected chi connectivity index (χ1v) is 12.1. The zero-order valence-corrected chi connectivity index (χ0v) is 21.0. The number of ether oxygens (including phenoxy) is 1. The number of benzene rings is 2. The van der Waals surface area contributed by atoms with Gasteiger partial charge in [0.1, 0.15) is 5.82 Å². The number of hydrogen-bond acceptors (Lipinski definition) is 6. The van der Waals surface area contributed by atoms with Gasteiger partial charge in [-0.05, 0) is 31.2 Å². The van der Waals surface area contributed by atoms with E-state index >= 15 is 4.39 Å². The van der Waals surface area contributed by atoms with E-state index in [0.717, 1.165) is 0 Å². The van der Waals surface area contributed by atoms with E-state index in [1.54, 1.807) is 36.1 Å². The Morgan fingerprint density at radius 1 is 1.08 bits per heavy atom. The van der Waals surface area contributed by atoms with Crippen molar-refractivity contribution in [3.05, 3.63) is 59.4 Å². The van der Waals surface area contributed by atoms with E-state index in [-0.39, 0.29) is 23.8 Å². The summed E-state index contributed by atoms with van der Waals surface area (Å²) >= 11 is 3.73. The summed E-state index contributed by atoms with van der Waals surface area (Å²) < 4.78 is 39.9. The predicted molar refractivity (Wildman–Crippen MR) is 135 cm³/mol. The standard InChI is InChI=1S/C25H24F2N4O5S/c1-14-16-4-3-5-17(26)22(16)36-21(14)23(32)30-10-8-29(9-11-30)19-7-6-15(12-18(19)27)31-13-20(35-24(31)33)28(2)25(34)37/h3-7,12,20H,8-11,13H2,1-2H3,(H,34,37). The number of likely N-dealkylation sites (N-methyl/N-ethyl adjacent to an activating group) is 1. The predicted octanol–water partition coefficient (Wildman–Crippen LogP) is 4.25. The lowest BCUT2D eigenvalue weighted by molar-refractivity contribution is 0.0669. The quantitative estimate of drug-likeness (QED) is 0.508. The largest absolute Gasteiger partial charge is 0.448 e. The molecule has 37 heavy (non-hydrogen) atoms. The van der Waals surface area contributed by atoms with Gasteiger partial charge in [0, 0.05) is 44.2 Å². The molecule has 0 spiro atoms. The number of thiol groups is 1. The van der Waals surface area contributed by atoms with Crippen LogP contribution in [0.4, 0.5) is 29.7 Å². The molecule has 0 N–H and O–H groups in total. The second-order valence-corrected chi connectivity index (χ2v) is 9.31. The number of anilines is 2. The molecule has 0 saturated carbocycles. The minimum absolute atomic E-state index is 0.0479. The third-order valence-electron chi connectivity index (χ3n) is 6.79. The monoisotopic (exact) mass is 530 g/mol. The lowest BCUT2D eigenvalue weighted by Crippen LogP contribution is -2.49. The first-order valence-electron chi connectivity index (χ1n) is 11.6. The van der Waals surface area contributed by atoms with E-state index < -0.39 is 29.2 Å². The van der Waals surface area contributed by atoms with Crippen LogP contribution in [0.1, 0.15) is 16.1 Å². The van der Waals surface area contributed by atoms with Gasteiger partial charge in [-0.2, -0.15) is 0 Å². The average molecular weight is 531 g/mol. The highest BCUT2D eigenvalue weighted by molar-refractivity contribution is 7.96. The number of carbonyl (C=O) groups is 3. The molecular weight excluding hydrogens is 506 g/mol. The molecule has 9 nitrogen and oxygen atoms in total. The second kappa shape index (κ2) is 9.58. The van der Waals surface area contributed by atoms with Crippen molar-refractivity contribution in [3.63, 3.8) is 0 Å². The van der Waals surface area contributed by atoms with E-state index in [2.05, 4.69) is 12.6 Å². The number of halogens is 2. The van der Waals surface area contributed by atoms with Gasteiger partial charge in [0.2, 0.25) is 0 Å². The van der Waals surface area contributed by atoms with E-state index in [1.807, 2.05) is 4.90 Å². The van der Waals surface area contributed by atoms with Crippen LogP contribution in [0.3, 0.4) is 0 Å². The number of aryl methyl sites for hydroxylation is 1. The van der Waals surface area contributed by atoms with Crippen molar-refractivity contribution >= 4 is 52.2 Å². The molecule has 2 aliphatic rings. The average Bonchev–Trinajstić information content (AvgIpc) is 3.44. The number of carbonyl (C=O) groups excluding carboxylic acids is 3. The second-order valence-electron chi connectivity index (χ2n) is 8.93. The van der Waals surface area contributed by atoms with Crippen LogP contribution in [-0.2, 0) is 4.74 Å². The molecule has 3 aromatic rings. The van der Waals surface area contributed by atoms with E-state index in [4.69, 9.17) is 9.15 Å². The Kier molecular flexibility index (Phi) is 6.44. The molecule has 194 valence electrons. The summed E-state index contributed by atoms with van der Waals surface area (Å²) in [6.45, 7) is 3.16. The molecule has 1 aromatic heterocycles. The van der Waals surface area contributed by atoms with Gasteiger partial charge in [-0.25, -0.2) is 13.6 Å². The number of amides is 3. The smallest absolute Gasteiger partial charge is 0.416 e. The molecule has 3 amide bonds. The van der Waals surface area contributed by atoms with Gasteiger partial charge < -0.3 is 19.0 Å². The number of piperazine rings is 1. The summed E-state index contributed by atoms with van der Waals surface area (Å²) in [5.41, 5.74) is 1.28. The molecule has 12 heteroatoms. The topological polar surface area (TPSA) is 86.5 Å². The Labute approximate surface area is 216 Å². The highest BCUT2D eigenvalue weighted by atomic mass is 32.1. The highest BCUT2D eigenvalue weighted by Gasteiger charge is 2.36. The summed E-state index contributed by atoms with van der Waals surface area (Å²) in [7, 11) is 1.46. The van der Waals surface area contributed by atoms with Crippen molar-refractivity contribution in [2.45, 2.75) is 13.2 Å². The van der Waals surface area contributed by atoms with Crippen LogP contribution >= 0.6 is 12.6 Å². The van der Waals surface area contributed by atoms with Crippen molar-refractivity contribution < 1.29 is 32.3 Å². The van der Waals surface area contributed by atoms with Gasteiger partial charge in [0.25, 0.3) is 11.1 Å². The summed E-state index contributed by atoms with van der Waals surface area (Å²) in [5, 5.41) is 0.00247. The number of cyclic esters (lactones) is 1. The number of nitrogens with zero attached hydrogens (tertiary/aromatic N) is 4. The number of furan rings is 1. The third kappa shape index (κ3) is 4.45. The van der Waals surface area contributed by atoms with Gasteiger partial charge in [-0.1, -0.05) is 24.8 Å². The van der Waals surface area contributed by atoms with E-state index in [9.17, 15) is 18.8 Å². The highest BCUT2D eigenvalue weighted by Crippen LogP contribution is 2.31. The zero-order valence-electron chi connectivity index (χ0n) is 20.1. The van der Waals surface area contributed by atoms with Crippen molar-refractivity contribution in [2.75, 3.05) is 49.6 Å². The molecule has 2 saturated heterocycles. The Balaban J connectivity index is 1.26. The van der Waals surface area contributed by atoms with Crippen LogP contribution in [0.15, 0.2) is 40.8 Å². The normalized spacial score (nSPS) is 17.9. The molecule has 2 fully saturated rings. The Bertz CT molecular complexity index is 1410. The van der Waals surface area contributed by atoms with Gasteiger partial charge in [-0.15, -0.1) is 0 Å². The van der Waals surface area contributed by atoms with E-state index in [0.29, 0.717) is 48.5 Å². The molecule has 2 aromatic carbocycles. The third-order valence-corrected chi connectivity index (χ3v) is 7.11. The van der Waals surface area contributed by atoms with Gasteiger partial charge in [-0.3, -0.25) is 19.4 Å². The lowest BCUT2D eigenvalue weighted by atomic mass is 10.1. The molecule has 1 unspecified atom stereocenters. The van der Waals surface area contributed by atoms with Crippen LogP contribution in [0.5, 0.6) is 0 Å². The van der Waals surface area contributed by atoms with Crippen LogP contribution in [0.25, 0.3) is 11.0 Å². The van der Waals surface area contributed by atoms with E-state index in [1.165, 1.54) is 29.0 Å². The summed E-state index contributed by atoms with van der Waals surface area (Å²) in [4.78, 5) is 42.6. The number of hydrogen-bond donors (Lipinski definition) is 1. The van der Waals surface area contributed by atoms with Crippen LogP contribution in [-0.4, -0.2) is 73.0 Å². The first-order chi connectivity index (χ1) is 17.7. The molecule has 0 radical (unpaired) electrons. The van der Waals surface area contributed by atoms with Crippen molar-refractivity contribution in [1.82, 2.24) is 9.80 Å². The van der Waals surface area contributed by atoms with Gasteiger partial charge in [0.05, 0.1) is 17.9 Å². The fraction of sp³-hybridized carbons (Fsp3) is 0.320. The Morgan fingerprint density at radius 2 is 1.81 bits per heavy atom. The molecule has 5 rings (SSSR count). The lowest BCUT2D eigenvalue weighted by Gasteiger charge is -2.36. The number of para-hydroxylation sites is 1. The Hall–Kier alpha value is -3.80. The fourth-order valence-corrected chi connectivity index (χ4v) is 4.74. The van der Waals surface area contributed by atoms with Crippen molar-refractivity contribution in [1.29, 1.82) is 0 Å². The molecule has 1 atom stereocenters. The van der Waals surface area contributed by atoms with Gasteiger partial charge >= 0.3 is 6.09 Å². The summed E-state index contributed by atoms with van der Waals surface area (Å²) in [6, 6.07) is 8.98. The first kappa shape index (κ1) is 24.9. The number of rotatable bonds is 4. The van der Waals surface area contributed by atoms with Crippen LogP contribution in [0, 0.1) is 18.6 Å². The minimum atomic E-state index is -0.822. The maximum absolute atomic E-state index is 15.1. The minimum Gasteiger partial charge on any atom is -0.448 e. The fourth-order valence-electron chi connectivity index (χ4n) is 4.61. The van der Waals surface area contributed by atoms with Crippen LogP contribution < -0.4 is 9.80 Å². The van der Waals surface area contributed by atoms with Crippen molar-refractivity contribution in [3.8, 4) is 0 Å². The molecule has 0 bridgehead atoms. The maximum Gasteiger partial charge on any atom is 0.416 e. The SMILES string of the molecule is Cc1c(C(=O)N2CCN(c3ccc(N4CC(N(C)C(=O)S)OC4=O)cc3F)CC2)oc2c(F)cccc12. The zero-order chi connectivity index (χ0) is 26.4. The Morgan fingerprint density at radius 3 is 2.46 bits per heavy atom. The van der Waals surface area contributed by atoms with Crippen molar-refractivity contribution in [2.24, 2.45) is 0 Å².